The molecule has 5 nitrogen and oxygen atoms in total. The Morgan fingerprint density at radius 1 is 1.21 bits per heavy atom. The second-order valence-corrected chi connectivity index (χ2v) is 8.60. The fourth-order valence-corrected chi connectivity index (χ4v) is 4.53. The van der Waals surface area contributed by atoms with Crippen molar-refractivity contribution in [3.05, 3.63) is 23.3 Å². The van der Waals surface area contributed by atoms with Crippen LogP contribution in [0.25, 0.3) is 0 Å². The van der Waals surface area contributed by atoms with Gasteiger partial charge in [-0.15, -0.1) is 0 Å². The second-order valence-electron chi connectivity index (χ2n) is 6.86. The van der Waals surface area contributed by atoms with Crippen molar-refractivity contribution in [2.24, 2.45) is 5.92 Å². The van der Waals surface area contributed by atoms with Crippen molar-refractivity contribution in [2.45, 2.75) is 44.9 Å². The molecule has 1 heterocycles. The van der Waals surface area contributed by atoms with Gasteiger partial charge in [0.05, 0.1) is 12.0 Å². The van der Waals surface area contributed by atoms with Crippen molar-refractivity contribution in [2.75, 3.05) is 33.3 Å². The molecule has 0 radical (unpaired) electrons. The van der Waals surface area contributed by atoms with Crippen LogP contribution in [0.4, 0.5) is 0 Å². The number of piperidine rings is 1. The Kier molecular flexibility index (Phi) is 6.66. The third kappa shape index (κ3) is 4.94. The molecule has 1 saturated heterocycles. The van der Waals surface area contributed by atoms with Gasteiger partial charge in [-0.05, 0) is 81.9 Å². The van der Waals surface area contributed by atoms with E-state index in [2.05, 4.69) is 16.5 Å². The summed E-state index contributed by atoms with van der Waals surface area (Å²) in [5.41, 5.74) is 1.53. The van der Waals surface area contributed by atoms with Crippen LogP contribution in [-0.2, 0) is 10.0 Å². The first kappa shape index (κ1) is 19.2. The molecule has 0 aliphatic carbocycles. The Bertz CT molecular complexity index is 650. The van der Waals surface area contributed by atoms with E-state index in [4.69, 9.17) is 4.74 Å². The van der Waals surface area contributed by atoms with E-state index in [1.807, 2.05) is 6.92 Å². The zero-order valence-electron chi connectivity index (χ0n) is 15.3. The standard InChI is InChI=1S/C18H30N2O3S/c1-14-6-10-20(11-7-14)9-5-8-19-24(21,22)18-13-15(2)17(23-4)12-16(18)3/h12-14,19H,5-11H2,1-4H3. The van der Waals surface area contributed by atoms with Gasteiger partial charge < -0.3 is 9.64 Å². The van der Waals surface area contributed by atoms with Crippen LogP contribution in [0.15, 0.2) is 17.0 Å². The SMILES string of the molecule is COc1cc(C)c(S(=O)(=O)NCCCN2CCC(C)CC2)cc1C. The fourth-order valence-electron chi connectivity index (χ4n) is 3.15. The van der Waals surface area contributed by atoms with Gasteiger partial charge in [0.1, 0.15) is 5.75 Å². The van der Waals surface area contributed by atoms with Gasteiger partial charge in [-0.2, -0.15) is 0 Å². The maximum Gasteiger partial charge on any atom is 0.240 e. The van der Waals surface area contributed by atoms with Gasteiger partial charge in [0, 0.05) is 6.54 Å². The third-order valence-corrected chi connectivity index (χ3v) is 6.40. The summed E-state index contributed by atoms with van der Waals surface area (Å²) in [5.74, 6) is 1.53. The lowest BCUT2D eigenvalue weighted by molar-refractivity contribution is 0.191. The minimum absolute atomic E-state index is 0.340. The number of methoxy groups -OCH3 is 1. The molecule has 6 heteroatoms. The molecule has 0 spiro atoms. The minimum Gasteiger partial charge on any atom is -0.496 e. The topological polar surface area (TPSA) is 58.6 Å². The molecule has 136 valence electrons. The molecular weight excluding hydrogens is 324 g/mol. The number of hydrogen-bond acceptors (Lipinski definition) is 4. The first-order valence-electron chi connectivity index (χ1n) is 8.70. The molecule has 1 aromatic rings. The number of likely N-dealkylation sites (tertiary alicyclic amines) is 1. The van der Waals surface area contributed by atoms with E-state index in [0.717, 1.165) is 37.5 Å². The monoisotopic (exact) mass is 354 g/mol. The van der Waals surface area contributed by atoms with E-state index in [-0.39, 0.29) is 0 Å². The summed E-state index contributed by atoms with van der Waals surface area (Å²) in [7, 11) is -1.88. The zero-order valence-corrected chi connectivity index (χ0v) is 16.1. The number of sulfonamides is 1. The molecule has 1 aliphatic rings. The van der Waals surface area contributed by atoms with Crippen LogP contribution in [0.3, 0.4) is 0 Å². The van der Waals surface area contributed by atoms with Gasteiger partial charge in [0.2, 0.25) is 10.0 Å². The molecule has 1 fully saturated rings. The summed E-state index contributed by atoms with van der Waals surface area (Å²) < 4.78 is 33.0. The number of benzene rings is 1. The highest BCUT2D eigenvalue weighted by Crippen LogP contribution is 2.25. The molecule has 0 saturated carbocycles. The highest BCUT2D eigenvalue weighted by atomic mass is 32.2. The average molecular weight is 355 g/mol. The molecule has 0 bridgehead atoms. The third-order valence-electron chi connectivity index (χ3n) is 4.80. The fraction of sp³-hybridized carbons (Fsp3) is 0.667. The van der Waals surface area contributed by atoms with Crippen molar-refractivity contribution < 1.29 is 13.2 Å². The summed E-state index contributed by atoms with van der Waals surface area (Å²) in [4.78, 5) is 2.77. The Hall–Kier alpha value is -1.11. The van der Waals surface area contributed by atoms with Crippen LogP contribution in [0.1, 0.15) is 37.3 Å². The van der Waals surface area contributed by atoms with Crippen LogP contribution in [0.2, 0.25) is 0 Å². The normalized spacial score (nSPS) is 17.2. The van der Waals surface area contributed by atoms with E-state index < -0.39 is 10.0 Å². The molecular formula is C18H30N2O3S. The van der Waals surface area contributed by atoms with E-state index in [0.29, 0.717) is 22.8 Å². The average Bonchev–Trinajstić information content (AvgIpc) is 2.55. The van der Waals surface area contributed by atoms with Crippen LogP contribution in [0.5, 0.6) is 5.75 Å². The van der Waals surface area contributed by atoms with Crippen LogP contribution >= 0.6 is 0 Å². The van der Waals surface area contributed by atoms with Crippen molar-refractivity contribution in [3.8, 4) is 5.75 Å². The summed E-state index contributed by atoms with van der Waals surface area (Å²) >= 11 is 0. The lowest BCUT2D eigenvalue weighted by Crippen LogP contribution is -2.35. The van der Waals surface area contributed by atoms with Crippen LogP contribution in [-0.4, -0.2) is 46.6 Å². The number of hydrogen-bond donors (Lipinski definition) is 1. The maximum atomic E-state index is 12.5. The molecule has 1 aromatic carbocycles. The van der Waals surface area contributed by atoms with Gasteiger partial charge in [0.15, 0.2) is 0 Å². The minimum atomic E-state index is -3.47. The largest absolute Gasteiger partial charge is 0.496 e. The lowest BCUT2D eigenvalue weighted by Gasteiger charge is -2.30. The van der Waals surface area contributed by atoms with Crippen molar-refractivity contribution in [3.63, 3.8) is 0 Å². The van der Waals surface area contributed by atoms with Crippen LogP contribution in [0, 0.1) is 19.8 Å². The molecule has 24 heavy (non-hydrogen) atoms. The molecule has 1 N–H and O–H groups in total. The first-order valence-corrected chi connectivity index (χ1v) is 10.2. The van der Waals surface area contributed by atoms with E-state index in [9.17, 15) is 8.42 Å². The van der Waals surface area contributed by atoms with Crippen molar-refractivity contribution >= 4 is 10.0 Å². The highest BCUT2D eigenvalue weighted by Gasteiger charge is 2.19. The zero-order chi connectivity index (χ0) is 17.7. The van der Waals surface area contributed by atoms with E-state index in [1.165, 1.54) is 12.8 Å². The lowest BCUT2D eigenvalue weighted by atomic mass is 9.99. The van der Waals surface area contributed by atoms with Crippen molar-refractivity contribution in [1.82, 2.24) is 9.62 Å². The van der Waals surface area contributed by atoms with E-state index >= 15 is 0 Å². The maximum absolute atomic E-state index is 12.5. The molecule has 0 amide bonds. The number of aryl methyl sites for hydroxylation is 2. The van der Waals surface area contributed by atoms with Crippen molar-refractivity contribution in [1.29, 1.82) is 0 Å². The van der Waals surface area contributed by atoms with Gasteiger partial charge in [-0.25, -0.2) is 13.1 Å². The van der Waals surface area contributed by atoms with Gasteiger partial charge in [-0.3, -0.25) is 0 Å². The number of nitrogens with zero attached hydrogens (tertiary/aromatic N) is 1. The van der Waals surface area contributed by atoms with Gasteiger partial charge in [0.25, 0.3) is 0 Å². The predicted octanol–water partition coefficient (Wildman–Crippen LogP) is 2.71. The second kappa shape index (κ2) is 8.32. The molecule has 1 aliphatic heterocycles. The molecule has 0 aromatic heterocycles. The molecule has 0 atom stereocenters. The number of nitrogens with one attached hydrogen (secondary N) is 1. The number of ether oxygens (including phenoxy) is 1. The Labute approximate surface area is 146 Å². The number of rotatable bonds is 7. The predicted molar refractivity (Wildman–Crippen MR) is 97.1 cm³/mol. The Balaban J connectivity index is 1.88. The Morgan fingerprint density at radius 2 is 1.88 bits per heavy atom. The highest BCUT2D eigenvalue weighted by molar-refractivity contribution is 7.89. The van der Waals surface area contributed by atoms with Gasteiger partial charge in [-0.1, -0.05) is 6.92 Å². The summed E-state index contributed by atoms with van der Waals surface area (Å²) in [6.45, 7) is 9.63. The van der Waals surface area contributed by atoms with Gasteiger partial charge >= 0.3 is 0 Å². The Morgan fingerprint density at radius 3 is 2.50 bits per heavy atom. The summed E-state index contributed by atoms with van der Waals surface area (Å²) in [5, 5.41) is 0. The first-order chi connectivity index (χ1) is 11.3. The quantitative estimate of drug-likeness (QED) is 0.765. The molecule has 0 unspecified atom stereocenters. The van der Waals surface area contributed by atoms with E-state index in [1.54, 1.807) is 26.2 Å². The van der Waals surface area contributed by atoms with Crippen LogP contribution < -0.4 is 9.46 Å². The molecule has 2 rings (SSSR count). The smallest absolute Gasteiger partial charge is 0.240 e. The summed E-state index contributed by atoms with van der Waals surface area (Å²) in [6, 6.07) is 3.46. The summed E-state index contributed by atoms with van der Waals surface area (Å²) in [6.07, 6.45) is 3.33.